The Hall–Kier alpha value is 0.410. The summed E-state index contributed by atoms with van der Waals surface area (Å²) in [5.74, 6) is 0. The van der Waals surface area contributed by atoms with Gasteiger partial charge in [0.1, 0.15) is 0 Å². The standard InChI is InChI=1S/C7H7Br2OP/c1-6-3-2-4-7(5-6)11(8,9)10/h2-5H,1H3. The lowest BCUT2D eigenvalue weighted by Gasteiger charge is -2.02. The molecule has 4 heteroatoms. The molecule has 0 atom stereocenters. The summed E-state index contributed by atoms with van der Waals surface area (Å²) in [5, 5.41) is 0.803. The third kappa shape index (κ3) is 2.73. The fraction of sp³-hybridized carbons (Fsp3) is 0.143. The van der Waals surface area contributed by atoms with Gasteiger partial charge in [-0.1, -0.05) is 17.7 Å². The van der Waals surface area contributed by atoms with Gasteiger partial charge in [-0.25, -0.2) is 0 Å². The van der Waals surface area contributed by atoms with Crippen molar-refractivity contribution in [3.8, 4) is 0 Å². The summed E-state index contributed by atoms with van der Waals surface area (Å²) < 4.78 is 8.98. The van der Waals surface area contributed by atoms with E-state index in [4.69, 9.17) is 0 Å². The van der Waals surface area contributed by atoms with Crippen LogP contribution in [0.4, 0.5) is 0 Å². The Morgan fingerprint density at radius 2 is 2.00 bits per heavy atom. The molecule has 11 heavy (non-hydrogen) atoms. The van der Waals surface area contributed by atoms with Gasteiger partial charge >= 0.3 is 0 Å². The Bertz CT molecular complexity index is 305. The van der Waals surface area contributed by atoms with Gasteiger partial charge in [-0.2, -0.15) is 0 Å². The fourth-order valence-electron chi connectivity index (χ4n) is 0.790. The van der Waals surface area contributed by atoms with Crippen LogP contribution in [0.1, 0.15) is 5.56 Å². The van der Waals surface area contributed by atoms with E-state index in [1.165, 1.54) is 0 Å². The summed E-state index contributed by atoms with van der Waals surface area (Å²) in [7, 11) is 0. The first-order valence-electron chi connectivity index (χ1n) is 3.07. The number of hydrogen-bond acceptors (Lipinski definition) is 1. The molecule has 1 rings (SSSR count). The van der Waals surface area contributed by atoms with Gasteiger partial charge in [0, 0.05) is 5.30 Å². The average Bonchev–Trinajstić information content (AvgIpc) is 1.86. The fourth-order valence-corrected chi connectivity index (χ4v) is 2.73. The van der Waals surface area contributed by atoms with E-state index < -0.39 is 4.55 Å². The molecule has 0 aliphatic heterocycles. The minimum absolute atomic E-state index is 0.803. The van der Waals surface area contributed by atoms with Gasteiger partial charge < -0.3 is 0 Å². The smallest absolute Gasteiger partial charge is 0.236 e. The lowest BCUT2D eigenvalue weighted by Crippen LogP contribution is -1.95. The lowest BCUT2D eigenvalue weighted by atomic mass is 10.2. The summed E-state index contributed by atoms with van der Waals surface area (Å²) in [6.07, 6.45) is 0. The normalized spacial score (nSPS) is 11.5. The van der Waals surface area contributed by atoms with Crippen molar-refractivity contribution < 1.29 is 4.57 Å². The molecule has 1 aromatic rings. The second kappa shape index (κ2) is 3.42. The van der Waals surface area contributed by atoms with Crippen molar-refractivity contribution in [2.45, 2.75) is 6.92 Å². The SMILES string of the molecule is Cc1cccc(P(=O)(Br)Br)c1. The van der Waals surface area contributed by atoms with E-state index in [0.29, 0.717) is 0 Å². The number of hydrogen-bond donors (Lipinski definition) is 0. The van der Waals surface area contributed by atoms with E-state index in [1.807, 2.05) is 31.2 Å². The van der Waals surface area contributed by atoms with Crippen molar-refractivity contribution in [1.82, 2.24) is 0 Å². The Morgan fingerprint density at radius 1 is 1.36 bits per heavy atom. The highest BCUT2D eigenvalue weighted by atomic mass is 79.9. The van der Waals surface area contributed by atoms with Gasteiger partial charge in [0.2, 0.25) is 4.55 Å². The highest BCUT2D eigenvalue weighted by Gasteiger charge is 2.14. The highest BCUT2D eigenvalue weighted by molar-refractivity contribution is 9.71. The van der Waals surface area contributed by atoms with Gasteiger partial charge in [-0.15, -0.1) is 0 Å². The molecule has 0 bridgehead atoms. The molecule has 0 aromatic heterocycles. The molecule has 1 aromatic carbocycles. The Morgan fingerprint density at radius 3 is 2.36 bits per heavy atom. The van der Waals surface area contributed by atoms with Gasteiger partial charge in [0.15, 0.2) is 0 Å². The van der Waals surface area contributed by atoms with E-state index in [2.05, 4.69) is 31.0 Å². The van der Waals surface area contributed by atoms with E-state index >= 15 is 0 Å². The predicted molar refractivity (Wildman–Crippen MR) is 56.3 cm³/mol. The molecule has 0 N–H and O–H groups in total. The molecular weight excluding hydrogens is 291 g/mol. The van der Waals surface area contributed by atoms with Gasteiger partial charge in [-0.05, 0) is 50.0 Å². The average molecular weight is 298 g/mol. The summed E-state index contributed by atoms with van der Waals surface area (Å²) in [6.45, 7) is 1.97. The highest BCUT2D eigenvalue weighted by Crippen LogP contribution is 2.60. The van der Waals surface area contributed by atoms with Crippen LogP contribution < -0.4 is 5.30 Å². The quantitative estimate of drug-likeness (QED) is 0.724. The third-order valence-corrected chi connectivity index (χ3v) is 4.64. The lowest BCUT2D eigenvalue weighted by molar-refractivity contribution is 0.599. The van der Waals surface area contributed by atoms with Crippen LogP contribution in [0.25, 0.3) is 0 Å². The van der Waals surface area contributed by atoms with Gasteiger partial charge in [0.25, 0.3) is 0 Å². The molecule has 0 fully saturated rings. The number of halogens is 2. The maximum Gasteiger partial charge on any atom is 0.236 e. The van der Waals surface area contributed by atoms with Crippen molar-refractivity contribution in [2.24, 2.45) is 0 Å². The molecule has 0 aliphatic rings. The van der Waals surface area contributed by atoms with E-state index in [-0.39, 0.29) is 0 Å². The van der Waals surface area contributed by atoms with Crippen LogP contribution in [0.15, 0.2) is 24.3 Å². The van der Waals surface area contributed by atoms with E-state index in [9.17, 15) is 4.57 Å². The van der Waals surface area contributed by atoms with Gasteiger partial charge in [0.05, 0.1) is 0 Å². The molecular formula is C7H7Br2OP. The van der Waals surface area contributed by atoms with Crippen LogP contribution in [-0.2, 0) is 4.57 Å². The number of rotatable bonds is 1. The van der Waals surface area contributed by atoms with Crippen molar-refractivity contribution in [3.63, 3.8) is 0 Å². The van der Waals surface area contributed by atoms with Crippen LogP contribution in [0.2, 0.25) is 0 Å². The van der Waals surface area contributed by atoms with Crippen molar-refractivity contribution in [3.05, 3.63) is 29.8 Å². The molecule has 0 saturated heterocycles. The molecule has 0 aliphatic carbocycles. The minimum Gasteiger partial charge on any atom is -0.294 e. The van der Waals surface area contributed by atoms with Crippen LogP contribution in [0.3, 0.4) is 0 Å². The summed E-state index contributed by atoms with van der Waals surface area (Å²) in [4.78, 5) is 0. The first-order chi connectivity index (χ1) is 5.00. The summed E-state index contributed by atoms with van der Waals surface area (Å²) in [5.41, 5.74) is 1.11. The molecule has 0 amide bonds. The van der Waals surface area contributed by atoms with E-state index in [0.717, 1.165) is 10.9 Å². The summed E-state index contributed by atoms with van der Waals surface area (Å²) >= 11 is 6.19. The zero-order valence-corrected chi connectivity index (χ0v) is 9.99. The zero-order valence-electron chi connectivity index (χ0n) is 5.92. The maximum absolute atomic E-state index is 11.4. The van der Waals surface area contributed by atoms with Crippen LogP contribution in [0, 0.1) is 6.92 Å². The molecule has 0 radical (unpaired) electrons. The minimum atomic E-state index is -2.42. The predicted octanol–water partition coefficient (Wildman–Crippen LogP) is 3.60. The monoisotopic (exact) mass is 296 g/mol. The third-order valence-electron chi connectivity index (χ3n) is 1.30. The van der Waals surface area contributed by atoms with Crippen molar-refractivity contribution in [2.75, 3.05) is 0 Å². The number of benzene rings is 1. The Labute approximate surface area is 82.0 Å². The Balaban J connectivity index is 3.17. The first kappa shape index (κ1) is 9.50. The number of aryl methyl sites for hydroxylation is 1. The van der Waals surface area contributed by atoms with Crippen LogP contribution in [-0.4, -0.2) is 0 Å². The van der Waals surface area contributed by atoms with Gasteiger partial charge in [-0.3, -0.25) is 4.57 Å². The van der Waals surface area contributed by atoms with Crippen molar-refractivity contribution in [1.29, 1.82) is 0 Å². The maximum atomic E-state index is 11.4. The van der Waals surface area contributed by atoms with E-state index in [1.54, 1.807) is 0 Å². The second-order valence-electron chi connectivity index (χ2n) is 2.30. The second-order valence-corrected chi connectivity index (χ2v) is 12.6. The molecule has 1 nitrogen and oxygen atoms in total. The van der Waals surface area contributed by atoms with Crippen LogP contribution >= 0.6 is 35.5 Å². The largest absolute Gasteiger partial charge is 0.294 e. The Kier molecular flexibility index (Phi) is 2.96. The topological polar surface area (TPSA) is 17.1 Å². The molecule has 0 heterocycles. The molecule has 0 saturated carbocycles. The van der Waals surface area contributed by atoms with Crippen molar-refractivity contribution >= 4 is 40.8 Å². The van der Waals surface area contributed by atoms with Crippen LogP contribution in [0.5, 0.6) is 0 Å². The first-order valence-corrected chi connectivity index (χ1v) is 8.81. The zero-order chi connectivity index (χ0) is 8.48. The molecule has 0 spiro atoms. The molecule has 60 valence electrons. The summed E-state index contributed by atoms with van der Waals surface area (Å²) in [6, 6.07) is 7.58. The molecule has 0 unspecified atom stereocenters.